The van der Waals surface area contributed by atoms with Crippen molar-refractivity contribution in [3.8, 4) is 0 Å². The van der Waals surface area contributed by atoms with Crippen LogP contribution in [0.1, 0.15) is 6.92 Å². The van der Waals surface area contributed by atoms with Gasteiger partial charge in [-0.25, -0.2) is 4.39 Å². The molecule has 2 nitrogen and oxygen atoms in total. The van der Waals surface area contributed by atoms with Gasteiger partial charge in [-0.1, -0.05) is 18.2 Å². The number of carbonyl (C=O) groups excluding carboxylic acids is 1. The van der Waals surface area contributed by atoms with E-state index in [0.29, 0.717) is 5.69 Å². The molecule has 0 aliphatic heterocycles. The maximum absolute atomic E-state index is 12.9. The summed E-state index contributed by atoms with van der Waals surface area (Å²) in [5.74, 6) is -0.423. The first-order chi connectivity index (χ1) is 8.18. The highest BCUT2D eigenvalue weighted by Gasteiger charge is 2.13. The summed E-state index contributed by atoms with van der Waals surface area (Å²) in [5.41, 5.74) is 1.43. The average Bonchev–Trinajstić information content (AvgIpc) is 2.33. The lowest BCUT2D eigenvalue weighted by molar-refractivity contribution is -0.115. The Hall–Kier alpha value is -2.16. The highest BCUT2D eigenvalue weighted by atomic mass is 18.2. The molecule has 0 saturated heterocycles. The first kappa shape index (κ1) is 11.3. The van der Waals surface area contributed by atoms with Crippen molar-refractivity contribution in [1.29, 1.82) is 0 Å². The first-order valence-electron chi connectivity index (χ1n) is 5.30. The van der Waals surface area contributed by atoms with Crippen LogP contribution in [0.2, 0.25) is 0 Å². The van der Waals surface area contributed by atoms with Crippen LogP contribution in [0.3, 0.4) is 0 Å². The molecular formula is C14H12FNO. The summed E-state index contributed by atoms with van der Waals surface area (Å²) in [5, 5.41) is 0. The van der Waals surface area contributed by atoms with Gasteiger partial charge in [0.05, 0.1) is 0 Å². The molecule has 0 N–H and O–H groups in total. The molecule has 0 spiro atoms. The minimum Gasteiger partial charge on any atom is -0.281 e. The van der Waals surface area contributed by atoms with Gasteiger partial charge in [0.2, 0.25) is 5.91 Å². The summed E-state index contributed by atoms with van der Waals surface area (Å²) in [6.45, 7) is 1.48. The highest BCUT2D eigenvalue weighted by molar-refractivity contribution is 5.98. The van der Waals surface area contributed by atoms with Crippen LogP contribution in [0, 0.1) is 5.82 Å². The lowest BCUT2D eigenvalue weighted by Crippen LogP contribution is -2.22. The summed E-state index contributed by atoms with van der Waals surface area (Å²) < 4.78 is 12.9. The number of rotatable bonds is 2. The third kappa shape index (κ3) is 2.50. The molecule has 0 unspecified atom stereocenters. The van der Waals surface area contributed by atoms with Crippen molar-refractivity contribution in [2.75, 3.05) is 4.90 Å². The second kappa shape index (κ2) is 4.78. The van der Waals surface area contributed by atoms with Gasteiger partial charge in [-0.2, -0.15) is 0 Å². The van der Waals surface area contributed by atoms with Gasteiger partial charge in [0.15, 0.2) is 0 Å². The van der Waals surface area contributed by atoms with Gasteiger partial charge in [0, 0.05) is 18.3 Å². The van der Waals surface area contributed by atoms with E-state index in [1.54, 1.807) is 17.0 Å². The Kier molecular flexibility index (Phi) is 3.19. The van der Waals surface area contributed by atoms with Crippen LogP contribution in [0.25, 0.3) is 0 Å². The topological polar surface area (TPSA) is 20.3 Å². The number of para-hydroxylation sites is 1. The summed E-state index contributed by atoms with van der Waals surface area (Å²) in [6, 6.07) is 15.1. The predicted octanol–water partition coefficient (Wildman–Crippen LogP) is 3.51. The Morgan fingerprint density at radius 1 is 0.941 bits per heavy atom. The van der Waals surface area contributed by atoms with E-state index in [9.17, 15) is 9.18 Å². The smallest absolute Gasteiger partial charge is 0.228 e. The van der Waals surface area contributed by atoms with Crippen LogP contribution in [0.5, 0.6) is 0 Å². The predicted molar refractivity (Wildman–Crippen MR) is 65.7 cm³/mol. The third-order valence-corrected chi connectivity index (χ3v) is 2.41. The van der Waals surface area contributed by atoms with E-state index in [4.69, 9.17) is 0 Å². The zero-order valence-electron chi connectivity index (χ0n) is 9.43. The Balaban J connectivity index is 2.43. The SMILES string of the molecule is CC(=O)N(c1ccccc1)c1ccc([18F])cc1. The quantitative estimate of drug-likeness (QED) is 0.770. The standard InChI is InChI=1S/C14H12FNO/c1-11(17)16(13-5-3-2-4-6-13)14-9-7-12(15)8-10-14/h2-10H,1H3/i15-1. The van der Waals surface area contributed by atoms with Gasteiger partial charge in [0.1, 0.15) is 5.82 Å². The maximum atomic E-state index is 12.9. The van der Waals surface area contributed by atoms with Crippen LogP contribution < -0.4 is 4.90 Å². The minimum absolute atomic E-state index is 0.109. The lowest BCUT2D eigenvalue weighted by Gasteiger charge is -2.21. The van der Waals surface area contributed by atoms with Crippen molar-refractivity contribution in [1.82, 2.24) is 0 Å². The molecule has 0 heterocycles. The van der Waals surface area contributed by atoms with Gasteiger partial charge in [-0.05, 0) is 36.4 Å². The third-order valence-electron chi connectivity index (χ3n) is 2.41. The molecule has 2 aromatic rings. The molecule has 0 atom stereocenters. The maximum Gasteiger partial charge on any atom is 0.228 e. The molecule has 17 heavy (non-hydrogen) atoms. The first-order valence-corrected chi connectivity index (χ1v) is 5.30. The summed E-state index contributed by atoms with van der Waals surface area (Å²) >= 11 is 0. The number of nitrogens with zero attached hydrogens (tertiary/aromatic N) is 1. The summed E-state index contributed by atoms with van der Waals surface area (Å²) in [6.07, 6.45) is 0. The number of benzene rings is 2. The van der Waals surface area contributed by atoms with Gasteiger partial charge >= 0.3 is 0 Å². The molecule has 0 fully saturated rings. The number of amides is 1. The van der Waals surface area contributed by atoms with E-state index in [0.717, 1.165) is 5.69 Å². The number of anilines is 2. The van der Waals surface area contributed by atoms with E-state index in [1.807, 2.05) is 30.3 Å². The molecule has 2 aromatic carbocycles. The fourth-order valence-corrected chi connectivity index (χ4v) is 1.68. The monoisotopic (exact) mass is 228 g/mol. The van der Waals surface area contributed by atoms with Crippen molar-refractivity contribution >= 4 is 17.3 Å². The van der Waals surface area contributed by atoms with Crippen molar-refractivity contribution in [2.45, 2.75) is 6.92 Å². The van der Waals surface area contributed by atoms with Crippen LogP contribution in [-0.2, 0) is 4.79 Å². The van der Waals surface area contributed by atoms with Crippen molar-refractivity contribution in [3.63, 3.8) is 0 Å². The normalized spacial score (nSPS) is 10.0. The Morgan fingerprint density at radius 2 is 1.47 bits per heavy atom. The van der Waals surface area contributed by atoms with Crippen molar-refractivity contribution < 1.29 is 9.18 Å². The molecular weight excluding hydrogens is 216 g/mol. The number of hydrogen-bond acceptors (Lipinski definition) is 1. The van der Waals surface area contributed by atoms with Gasteiger partial charge in [-0.3, -0.25) is 9.69 Å². The molecule has 1 amide bonds. The zero-order chi connectivity index (χ0) is 12.3. The van der Waals surface area contributed by atoms with Gasteiger partial charge in [0.25, 0.3) is 0 Å². The Bertz CT molecular complexity index is 508. The van der Waals surface area contributed by atoms with Crippen molar-refractivity contribution in [2.24, 2.45) is 0 Å². The average molecular weight is 228 g/mol. The van der Waals surface area contributed by atoms with Gasteiger partial charge < -0.3 is 0 Å². The van der Waals surface area contributed by atoms with E-state index in [-0.39, 0.29) is 11.7 Å². The fraction of sp³-hybridized carbons (Fsp3) is 0.0714. The second-order valence-electron chi connectivity index (χ2n) is 3.67. The number of halogens is 1. The van der Waals surface area contributed by atoms with Crippen LogP contribution >= 0.6 is 0 Å². The molecule has 86 valence electrons. The van der Waals surface area contributed by atoms with E-state index >= 15 is 0 Å². The Labute approximate surface area is 99.3 Å². The lowest BCUT2D eigenvalue weighted by atomic mass is 10.2. The molecule has 0 radical (unpaired) electrons. The molecule has 0 saturated carbocycles. The number of carbonyl (C=O) groups is 1. The van der Waals surface area contributed by atoms with E-state index < -0.39 is 0 Å². The zero-order valence-corrected chi connectivity index (χ0v) is 9.43. The second-order valence-corrected chi connectivity index (χ2v) is 3.67. The Morgan fingerprint density at radius 3 is 2.00 bits per heavy atom. The molecule has 0 aromatic heterocycles. The molecule has 2 rings (SSSR count). The molecule has 0 bridgehead atoms. The fourth-order valence-electron chi connectivity index (χ4n) is 1.68. The van der Waals surface area contributed by atoms with E-state index in [1.165, 1.54) is 19.1 Å². The molecule has 0 aliphatic carbocycles. The number of hydrogen-bond donors (Lipinski definition) is 0. The molecule has 3 heteroatoms. The van der Waals surface area contributed by atoms with E-state index in [2.05, 4.69) is 0 Å². The largest absolute Gasteiger partial charge is 0.281 e. The van der Waals surface area contributed by atoms with Gasteiger partial charge in [-0.15, -0.1) is 0 Å². The van der Waals surface area contributed by atoms with Crippen LogP contribution in [0.4, 0.5) is 15.8 Å². The molecule has 0 aliphatic rings. The highest BCUT2D eigenvalue weighted by Crippen LogP contribution is 2.25. The minimum atomic E-state index is -0.315. The van der Waals surface area contributed by atoms with Crippen LogP contribution in [-0.4, -0.2) is 5.91 Å². The summed E-state index contributed by atoms with van der Waals surface area (Å²) in [4.78, 5) is 13.2. The summed E-state index contributed by atoms with van der Waals surface area (Å²) in [7, 11) is 0. The van der Waals surface area contributed by atoms with Crippen molar-refractivity contribution in [3.05, 3.63) is 60.4 Å². The van der Waals surface area contributed by atoms with Crippen LogP contribution in [0.15, 0.2) is 54.6 Å².